The zero-order chi connectivity index (χ0) is 11.9. The van der Waals surface area contributed by atoms with Crippen LogP contribution in [0.3, 0.4) is 0 Å². The van der Waals surface area contributed by atoms with Crippen molar-refractivity contribution in [1.29, 1.82) is 0 Å². The van der Waals surface area contributed by atoms with E-state index in [0.717, 1.165) is 0 Å². The fraction of sp³-hybridized carbons (Fsp3) is 0.286. The van der Waals surface area contributed by atoms with Crippen LogP contribution in [0.2, 0.25) is 0 Å². The van der Waals surface area contributed by atoms with Crippen molar-refractivity contribution in [3.05, 3.63) is 23.4 Å². The third-order valence-electron chi connectivity index (χ3n) is 1.52. The lowest BCUT2D eigenvalue weighted by molar-refractivity contribution is -0.143. The number of hydrogen-bond donors (Lipinski definition) is 1. The molecule has 0 aromatic carbocycles. The number of nitrogens with zero attached hydrogens (tertiary/aromatic N) is 1. The van der Waals surface area contributed by atoms with Crippen LogP contribution < -0.4 is 5.73 Å². The lowest BCUT2D eigenvalue weighted by Crippen LogP contribution is -2.15. The normalized spacial score (nSPS) is 12.9. The van der Waals surface area contributed by atoms with Gasteiger partial charge >= 0.3 is 12.4 Å². The molecule has 0 amide bonds. The van der Waals surface area contributed by atoms with Gasteiger partial charge in [0.05, 0.1) is 5.56 Å². The second-order valence-corrected chi connectivity index (χ2v) is 2.62. The molecule has 1 aromatic rings. The molecule has 1 rings (SSSR count). The highest BCUT2D eigenvalue weighted by Crippen LogP contribution is 2.35. The smallest absolute Gasteiger partial charge is 0.383 e. The average molecular weight is 230 g/mol. The van der Waals surface area contributed by atoms with Crippen molar-refractivity contribution in [3.8, 4) is 0 Å². The molecule has 2 nitrogen and oxygen atoms in total. The van der Waals surface area contributed by atoms with Crippen molar-refractivity contribution < 1.29 is 26.3 Å². The highest BCUT2D eigenvalue weighted by Gasteiger charge is 2.37. The minimum Gasteiger partial charge on any atom is -0.383 e. The number of pyridine rings is 1. The quantitative estimate of drug-likeness (QED) is 0.696. The van der Waals surface area contributed by atoms with Gasteiger partial charge in [-0.15, -0.1) is 0 Å². The van der Waals surface area contributed by atoms with Gasteiger partial charge in [0.1, 0.15) is 11.5 Å². The van der Waals surface area contributed by atoms with Gasteiger partial charge in [0, 0.05) is 0 Å². The van der Waals surface area contributed by atoms with Gasteiger partial charge in [-0.25, -0.2) is 4.98 Å². The molecule has 0 spiro atoms. The highest BCUT2D eigenvalue weighted by atomic mass is 19.4. The Hall–Kier alpha value is -1.47. The van der Waals surface area contributed by atoms with E-state index >= 15 is 0 Å². The van der Waals surface area contributed by atoms with Gasteiger partial charge in [-0.1, -0.05) is 0 Å². The first-order chi connectivity index (χ1) is 6.62. The lowest BCUT2D eigenvalue weighted by atomic mass is 10.2. The Balaban J connectivity index is 3.21. The molecule has 0 bridgehead atoms. The zero-order valence-electron chi connectivity index (χ0n) is 6.95. The van der Waals surface area contributed by atoms with E-state index in [1.165, 1.54) is 0 Å². The summed E-state index contributed by atoms with van der Waals surface area (Å²) in [6.45, 7) is 0. The van der Waals surface area contributed by atoms with Crippen molar-refractivity contribution in [2.45, 2.75) is 12.4 Å². The van der Waals surface area contributed by atoms with Crippen molar-refractivity contribution in [1.82, 2.24) is 4.98 Å². The Kier molecular flexibility index (Phi) is 2.54. The summed E-state index contributed by atoms with van der Waals surface area (Å²) in [5, 5.41) is 0. The summed E-state index contributed by atoms with van der Waals surface area (Å²) < 4.78 is 72.2. The second kappa shape index (κ2) is 3.28. The maximum Gasteiger partial charge on any atom is 0.433 e. The van der Waals surface area contributed by atoms with Gasteiger partial charge in [0.25, 0.3) is 0 Å². The Labute approximate surface area is 79.7 Å². The summed E-state index contributed by atoms with van der Waals surface area (Å²) in [4.78, 5) is 2.64. The maximum absolute atomic E-state index is 12.1. The van der Waals surface area contributed by atoms with E-state index in [4.69, 9.17) is 5.73 Å². The highest BCUT2D eigenvalue weighted by molar-refractivity contribution is 5.42. The van der Waals surface area contributed by atoms with Crippen LogP contribution in [-0.2, 0) is 12.4 Å². The molecule has 0 unspecified atom stereocenters. The van der Waals surface area contributed by atoms with Crippen LogP contribution in [0.25, 0.3) is 0 Å². The Morgan fingerprint density at radius 3 is 1.80 bits per heavy atom. The zero-order valence-corrected chi connectivity index (χ0v) is 6.95. The van der Waals surface area contributed by atoms with Crippen LogP contribution in [0.4, 0.5) is 32.2 Å². The molecule has 0 aliphatic heterocycles. The summed E-state index contributed by atoms with van der Waals surface area (Å²) >= 11 is 0. The van der Waals surface area contributed by atoms with E-state index < -0.39 is 29.4 Å². The average Bonchev–Trinajstić information content (AvgIpc) is 1.99. The third-order valence-corrected chi connectivity index (χ3v) is 1.52. The van der Waals surface area contributed by atoms with Gasteiger partial charge < -0.3 is 5.73 Å². The minimum absolute atomic E-state index is 0.235. The predicted molar refractivity (Wildman–Crippen MR) is 38.7 cm³/mol. The monoisotopic (exact) mass is 230 g/mol. The summed E-state index contributed by atoms with van der Waals surface area (Å²) in [5.74, 6) is -1.18. The van der Waals surface area contributed by atoms with E-state index in [1.54, 1.807) is 0 Å². The Morgan fingerprint density at radius 2 is 1.47 bits per heavy atom. The SMILES string of the molecule is Nc1nc(C(F)(F)F)ccc1C(F)(F)F. The van der Waals surface area contributed by atoms with Crippen LogP contribution in [0.15, 0.2) is 12.1 Å². The fourth-order valence-corrected chi connectivity index (χ4v) is 0.872. The number of anilines is 1. The molecule has 8 heteroatoms. The number of aromatic nitrogens is 1. The number of nitrogen functional groups attached to an aromatic ring is 1. The van der Waals surface area contributed by atoms with Crippen LogP contribution >= 0.6 is 0 Å². The molecule has 0 saturated carbocycles. The standard InChI is InChI=1S/C7H4F6N2/c8-6(9,10)3-1-2-4(7(11,12)13)15-5(3)14/h1-2H,(H2,14,15). The number of halogens is 6. The Bertz CT molecular complexity index is 367. The molecule has 0 aliphatic rings. The first kappa shape index (κ1) is 11.6. The first-order valence-corrected chi connectivity index (χ1v) is 3.53. The van der Waals surface area contributed by atoms with E-state index in [-0.39, 0.29) is 12.1 Å². The van der Waals surface area contributed by atoms with E-state index in [1.807, 2.05) is 0 Å². The summed E-state index contributed by atoms with van der Waals surface area (Å²) in [5.41, 5.74) is 1.94. The molecule has 84 valence electrons. The topological polar surface area (TPSA) is 38.9 Å². The van der Waals surface area contributed by atoms with Crippen molar-refractivity contribution in [2.75, 3.05) is 5.73 Å². The summed E-state index contributed by atoms with van der Waals surface area (Å²) in [6, 6.07) is 0.490. The first-order valence-electron chi connectivity index (χ1n) is 3.53. The van der Waals surface area contributed by atoms with Crippen molar-refractivity contribution >= 4 is 5.82 Å². The number of rotatable bonds is 0. The molecule has 0 atom stereocenters. The van der Waals surface area contributed by atoms with Crippen LogP contribution in [-0.4, -0.2) is 4.98 Å². The molecule has 0 fully saturated rings. The largest absolute Gasteiger partial charge is 0.433 e. The van der Waals surface area contributed by atoms with Gasteiger partial charge in [-0.2, -0.15) is 26.3 Å². The number of hydrogen-bond acceptors (Lipinski definition) is 2. The molecular weight excluding hydrogens is 226 g/mol. The van der Waals surface area contributed by atoms with Crippen molar-refractivity contribution in [2.24, 2.45) is 0 Å². The second-order valence-electron chi connectivity index (χ2n) is 2.62. The van der Waals surface area contributed by atoms with Crippen molar-refractivity contribution in [3.63, 3.8) is 0 Å². The maximum atomic E-state index is 12.1. The van der Waals surface area contributed by atoms with E-state index in [9.17, 15) is 26.3 Å². The van der Waals surface area contributed by atoms with E-state index in [2.05, 4.69) is 4.98 Å². The number of nitrogens with two attached hydrogens (primary N) is 1. The molecule has 15 heavy (non-hydrogen) atoms. The number of alkyl halides is 6. The fourth-order valence-electron chi connectivity index (χ4n) is 0.872. The minimum atomic E-state index is -4.81. The summed E-state index contributed by atoms with van der Waals surface area (Å²) in [6.07, 6.45) is -9.61. The molecule has 0 radical (unpaired) electrons. The molecule has 1 aromatic heterocycles. The molecule has 0 saturated heterocycles. The van der Waals surface area contributed by atoms with Gasteiger partial charge in [0.15, 0.2) is 0 Å². The van der Waals surface area contributed by atoms with E-state index in [0.29, 0.717) is 0 Å². The van der Waals surface area contributed by atoms with Gasteiger partial charge in [-0.3, -0.25) is 0 Å². The molecule has 0 aliphatic carbocycles. The third kappa shape index (κ3) is 2.51. The van der Waals surface area contributed by atoms with Crippen LogP contribution in [0.1, 0.15) is 11.3 Å². The summed E-state index contributed by atoms with van der Waals surface area (Å²) in [7, 11) is 0. The van der Waals surface area contributed by atoms with Crippen LogP contribution in [0.5, 0.6) is 0 Å². The van der Waals surface area contributed by atoms with Crippen LogP contribution in [0, 0.1) is 0 Å². The molecule has 1 heterocycles. The predicted octanol–water partition coefficient (Wildman–Crippen LogP) is 2.70. The molecule has 2 N–H and O–H groups in total. The van der Waals surface area contributed by atoms with Gasteiger partial charge in [0.2, 0.25) is 0 Å². The Morgan fingerprint density at radius 1 is 0.933 bits per heavy atom. The molecular formula is C7H4F6N2. The lowest BCUT2D eigenvalue weighted by Gasteiger charge is -2.11. The van der Waals surface area contributed by atoms with Gasteiger partial charge in [-0.05, 0) is 12.1 Å².